The van der Waals surface area contributed by atoms with Gasteiger partial charge in [0.25, 0.3) is 0 Å². The summed E-state index contributed by atoms with van der Waals surface area (Å²) in [4.78, 5) is 5.57. The van der Waals surface area contributed by atoms with Crippen LogP contribution in [0.25, 0.3) is 0 Å². The summed E-state index contributed by atoms with van der Waals surface area (Å²) in [5.41, 5.74) is -0.144. The van der Waals surface area contributed by atoms with Gasteiger partial charge in [-0.25, -0.2) is 0 Å². The van der Waals surface area contributed by atoms with E-state index in [9.17, 15) is 0 Å². The minimum Gasteiger partial charge on any atom is -0.381 e. The topological polar surface area (TPSA) is 54.9 Å². The van der Waals surface area contributed by atoms with Crippen molar-refractivity contribution < 1.29 is 9.47 Å². The molecule has 1 aromatic rings. The first-order valence-corrected chi connectivity index (χ1v) is 9.02. The summed E-state index contributed by atoms with van der Waals surface area (Å²) in [7, 11) is 3.57. The third-order valence-electron chi connectivity index (χ3n) is 4.05. The molecular weight excluding hydrogens is 310 g/mol. The Bertz CT molecular complexity index is 476. The first-order valence-electron chi connectivity index (χ1n) is 8.03. The highest BCUT2D eigenvalue weighted by atomic mass is 32.2. The van der Waals surface area contributed by atoms with Crippen molar-refractivity contribution >= 4 is 17.7 Å². The molecular formula is C17H27N3O2S. The fourth-order valence-corrected chi connectivity index (χ4v) is 3.31. The molecule has 1 aliphatic rings. The highest BCUT2D eigenvalue weighted by Gasteiger charge is 2.32. The number of nitrogens with one attached hydrogen (secondary N) is 2. The van der Waals surface area contributed by atoms with E-state index in [0.29, 0.717) is 0 Å². The second-order valence-electron chi connectivity index (χ2n) is 5.51. The summed E-state index contributed by atoms with van der Waals surface area (Å²) in [6.45, 7) is 3.13. The number of nitrogens with zero attached hydrogens (tertiary/aromatic N) is 1. The molecule has 0 unspecified atom stereocenters. The molecule has 2 rings (SSSR count). The van der Waals surface area contributed by atoms with Gasteiger partial charge in [-0.1, -0.05) is 18.2 Å². The Kier molecular flexibility index (Phi) is 7.71. The van der Waals surface area contributed by atoms with Crippen molar-refractivity contribution in [2.45, 2.75) is 23.3 Å². The lowest BCUT2D eigenvalue weighted by atomic mass is 9.94. The molecule has 1 heterocycles. The van der Waals surface area contributed by atoms with Gasteiger partial charge in [0, 0.05) is 64.0 Å². The summed E-state index contributed by atoms with van der Waals surface area (Å²) in [5, 5.41) is 6.73. The van der Waals surface area contributed by atoms with Crippen LogP contribution in [-0.2, 0) is 9.47 Å². The lowest BCUT2D eigenvalue weighted by Crippen LogP contribution is -2.51. The van der Waals surface area contributed by atoms with Crippen molar-refractivity contribution in [3.8, 4) is 0 Å². The Morgan fingerprint density at radius 1 is 1.26 bits per heavy atom. The minimum atomic E-state index is -0.144. The molecule has 2 N–H and O–H groups in total. The van der Waals surface area contributed by atoms with Gasteiger partial charge in [-0.15, -0.1) is 11.8 Å². The zero-order valence-electron chi connectivity index (χ0n) is 14.0. The minimum absolute atomic E-state index is 0.144. The van der Waals surface area contributed by atoms with Crippen LogP contribution in [0, 0.1) is 0 Å². The quantitative estimate of drug-likeness (QED) is 0.346. The fourth-order valence-electron chi connectivity index (χ4n) is 2.52. The van der Waals surface area contributed by atoms with Crippen LogP contribution in [0.15, 0.2) is 40.2 Å². The highest BCUT2D eigenvalue weighted by Crippen LogP contribution is 2.23. The maximum absolute atomic E-state index is 5.73. The third-order valence-corrected chi connectivity index (χ3v) is 5.06. The van der Waals surface area contributed by atoms with Gasteiger partial charge in [-0.2, -0.15) is 0 Å². The SMILES string of the molecule is CN=C(NCCSc1ccccc1)NCC1(OC)CCOCC1. The van der Waals surface area contributed by atoms with Crippen molar-refractivity contribution in [2.75, 3.05) is 46.2 Å². The van der Waals surface area contributed by atoms with Crippen LogP contribution in [0.5, 0.6) is 0 Å². The Morgan fingerprint density at radius 2 is 2.00 bits per heavy atom. The number of guanidine groups is 1. The van der Waals surface area contributed by atoms with Gasteiger partial charge < -0.3 is 20.1 Å². The summed E-state index contributed by atoms with van der Waals surface area (Å²) in [6, 6.07) is 10.4. The van der Waals surface area contributed by atoms with Crippen LogP contribution >= 0.6 is 11.8 Å². The predicted octanol–water partition coefficient (Wildman–Crippen LogP) is 2.14. The Balaban J connectivity index is 1.68. The normalized spacial score (nSPS) is 17.7. The highest BCUT2D eigenvalue weighted by molar-refractivity contribution is 7.99. The number of hydrogen-bond donors (Lipinski definition) is 2. The lowest BCUT2D eigenvalue weighted by molar-refractivity contribution is -0.0855. The van der Waals surface area contributed by atoms with E-state index < -0.39 is 0 Å². The zero-order chi connectivity index (χ0) is 16.4. The fraction of sp³-hybridized carbons (Fsp3) is 0.588. The molecule has 1 saturated heterocycles. The average Bonchev–Trinajstić information content (AvgIpc) is 2.63. The standard InChI is InChI=1S/C17H27N3O2S/c1-18-16(19-10-13-23-15-6-4-3-5-7-15)20-14-17(21-2)8-11-22-12-9-17/h3-7H,8-14H2,1-2H3,(H2,18,19,20). The van der Waals surface area contributed by atoms with Gasteiger partial charge in [0.2, 0.25) is 0 Å². The molecule has 1 aromatic carbocycles. The van der Waals surface area contributed by atoms with Crippen molar-refractivity contribution in [2.24, 2.45) is 4.99 Å². The maximum atomic E-state index is 5.73. The van der Waals surface area contributed by atoms with E-state index >= 15 is 0 Å². The van der Waals surface area contributed by atoms with Gasteiger partial charge in [0.15, 0.2) is 5.96 Å². The molecule has 0 bridgehead atoms. The molecule has 0 amide bonds. The molecule has 5 nitrogen and oxygen atoms in total. The second kappa shape index (κ2) is 9.80. The van der Waals surface area contributed by atoms with Gasteiger partial charge in [-0.05, 0) is 12.1 Å². The molecule has 6 heteroatoms. The number of benzene rings is 1. The molecule has 23 heavy (non-hydrogen) atoms. The van der Waals surface area contributed by atoms with E-state index in [4.69, 9.17) is 9.47 Å². The maximum Gasteiger partial charge on any atom is 0.191 e. The van der Waals surface area contributed by atoms with Crippen LogP contribution in [-0.4, -0.2) is 57.8 Å². The first kappa shape index (κ1) is 18.1. The smallest absolute Gasteiger partial charge is 0.191 e. The largest absolute Gasteiger partial charge is 0.381 e. The van der Waals surface area contributed by atoms with Crippen LogP contribution in [0.2, 0.25) is 0 Å². The van der Waals surface area contributed by atoms with Crippen molar-refractivity contribution in [1.29, 1.82) is 0 Å². The summed E-state index contributed by atoms with van der Waals surface area (Å²) >= 11 is 1.84. The molecule has 1 fully saturated rings. The van der Waals surface area contributed by atoms with Crippen LogP contribution in [0.4, 0.5) is 0 Å². The number of aliphatic imine (C=N–C) groups is 1. The van der Waals surface area contributed by atoms with E-state index in [0.717, 1.165) is 50.9 Å². The molecule has 0 spiro atoms. The summed E-state index contributed by atoms with van der Waals surface area (Å²) in [5.74, 6) is 1.81. The lowest BCUT2D eigenvalue weighted by Gasteiger charge is -2.36. The average molecular weight is 337 g/mol. The molecule has 1 aliphatic heterocycles. The Labute approximate surface area is 143 Å². The van der Waals surface area contributed by atoms with E-state index in [1.807, 2.05) is 17.8 Å². The molecule has 0 saturated carbocycles. The van der Waals surface area contributed by atoms with Crippen LogP contribution < -0.4 is 10.6 Å². The molecule has 128 valence electrons. The van der Waals surface area contributed by atoms with Gasteiger partial charge >= 0.3 is 0 Å². The van der Waals surface area contributed by atoms with E-state index in [1.54, 1.807) is 14.2 Å². The number of thioether (sulfide) groups is 1. The molecule has 0 radical (unpaired) electrons. The first-order chi connectivity index (χ1) is 11.3. The van der Waals surface area contributed by atoms with Crippen molar-refractivity contribution in [1.82, 2.24) is 10.6 Å². The second-order valence-corrected chi connectivity index (χ2v) is 6.68. The Hall–Kier alpha value is -1.24. The predicted molar refractivity (Wildman–Crippen MR) is 96.3 cm³/mol. The van der Waals surface area contributed by atoms with E-state index in [2.05, 4.69) is 39.9 Å². The summed E-state index contributed by atoms with van der Waals surface area (Å²) in [6.07, 6.45) is 1.83. The van der Waals surface area contributed by atoms with Crippen LogP contribution in [0.1, 0.15) is 12.8 Å². The van der Waals surface area contributed by atoms with Gasteiger partial charge in [0.05, 0.1) is 5.60 Å². The monoisotopic (exact) mass is 337 g/mol. The molecule has 0 atom stereocenters. The summed E-state index contributed by atoms with van der Waals surface area (Å²) < 4.78 is 11.2. The number of ether oxygens (including phenoxy) is 2. The van der Waals surface area contributed by atoms with Crippen molar-refractivity contribution in [3.05, 3.63) is 30.3 Å². The zero-order valence-corrected chi connectivity index (χ0v) is 14.8. The Morgan fingerprint density at radius 3 is 2.65 bits per heavy atom. The van der Waals surface area contributed by atoms with Crippen LogP contribution in [0.3, 0.4) is 0 Å². The number of hydrogen-bond acceptors (Lipinski definition) is 4. The van der Waals surface area contributed by atoms with E-state index in [-0.39, 0.29) is 5.60 Å². The number of rotatable bonds is 7. The number of methoxy groups -OCH3 is 1. The third kappa shape index (κ3) is 6.05. The van der Waals surface area contributed by atoms with Gasteiger partial charge in [0.1, 0.15) is 0 Å². The van der Waals surface area contributed by atoms with Gasteiger partial charge in [-0.3, -0.25) is 4.99 Å². The van der Waals surface area contributed by atoms with E-state index in [1.165, 1.54) is 4.90 Å². The molecule has 0 aliphatic carbocycles. The van der Waals surface area contributed by atoms with Crippen molar-refractivity contribution in [3.63, 3.8) is 0 Å². The molecule has 0 aromatic heterocycles.